The van der Waals surface area contributed by atoms with E-state index in [1.54, 1.807) is 0 Å². The predicted molar refractivity (Wildman–Crippen MR) is 279 cm³/mol. The molecule has 0 aromatic rings. The Morgan fingerprint density at radius 1 is 0.359 bits per heavy atom. The molecule has 378 valence electrons. The van der Waals surface area contributed by atoms with E-state index >= 15 is 0 Å². The van der Waals surface area contributed by atoms with Crippen LogP contribution in [0.2, 0.25) is 0 Å². The van der Waals surface area contributed by atoms with Crippen molar-refractivity contribution in [2.24, 2.45) is 0 Å². The number of allylic oxidation sites excluding steroid dienone is 4. The number of ether oxygens (including phenoxy) is 2. The van der Waals surface area contributed by atoms with E-state index in [1.165, 1.54) is 257 Å². The number of carbonyl (C=O) groups is 2. The number of hydrogen-bond donors (Lipinski definition) is 1. The zero-order chi connectivity index (χ0) is 46.3. The fourth-order valence-electron chi connectivity index (χ4n) is 8.88. The van der Waals surface area contributed by atoms with Crippen molar-refractivity contribution < 1.29 is 24.2 Å². The Kier molecular flexibility index (Phi) is 54.3. The smallest absolute Gasteiger partial charge is 0.306 e. The molecular weight excluding hydrogens is 789 g/mol. The molecule has 1 unspecified atom stereocenters. The van der Waals surface area contributed by atoms with E-state index in [9.17, 15) is 14.7 Å². The second kappa shape index (κ2) is 55.7. The molecule has 0 saturated carbocycles. The Morgan fingerprint density at radius 3 is 0.922 bits per heavy atom. The SMILES string of the molecule is CCCCCCC/C=C\C/C=C\CCCCCCCCCCCCCCCC(=O)OC(CO)COC(=O)CCCCCCCCCCCCCCCCCCCCCCCCCCC. The average Bonchev–Trinajstić information content (AvgIpc) is 3.30. The molecule has 0 aliphatic heterocycles. The largest absolute Gasteiger partial charge is 0.462 e. The molecule has 0 rings (SSSR count). The number of aliphatic hydroxyl groups is 1. The molecular formula is C59H112O5. The maximum absolute atomic E-state index is 12.3. The van der Waals surface area contributed by atoms with Crippen LogP contribution in [0.15, 0.2) is 24.3 Å². The van der Waals surface area contributed by atoms with Gasteiger partial charge in [-0.3, -0.25) is 9.59 Å². The molecule has 0 heterocycles. The lowest BCUT2D eigenvalue weighted by molar-refractivity contribution is -0.161. The van der Waals surface area contributed by atoms with Crippen molar-refractivity contribution in [2.75, 3.05) is 13.2 Å². The van der Waals surface area contributed by atoms with Crippen LogP contribution in [-0.2, 0) is 19.1 Å². The third kappa shape index (κ3) is 53.0. The van der Waals surface area contributed by atoms with Gasteiger partial charge in [0.2, 0.25) is 0 Å². The first kappa shape index (κ1) is 62.4. The van der Waals surface area contributed by atoms with E-state index in [-0.39, 0.29) is 25.2 Å². The lowest BCUT2D eigenvalue weighted by Gasteiger charge is -2.15. The maximum Gasteiger partial charge on any atom is 0.306 e. The van der Waals surface area contributed by atoms with Gasteiger partial charge >= 0.3 is 11.9 Å². The van der Waals surface area contributed by atoms with Gasteiger partial charge in [-0.25, -0.2) is 0 Å². The van der Waals surface area contributed by atoms with Crippen molar-refractivity contribution >= 4 is 11.9 Å². The molecule has 0 bridgehead atoms. The lowest BCUT2D eigenvalue weighted by Crippen LogP contribution is -2.28. The fourth-order valence-corrected chi connectivity index (χ4v) is 8.88. The van der Waals surface area contributed by atoms with Gasteiger partial charge in [-0.2, -0.15) is 0 Å². The quantitative estimate of drug-likeness (QED) is 0.0374. The van der Waals surface area contributed by atoms with Crippen LogP contribution in [0.3, 0.4) is 0 Å². The molecule has 0 aliphatic carbocycles. The molecule has 0 amide bonds. The third-order valence-electron chi connectivity index (χ3n) is 13.2. The topological polar surface area (TPSA) is 72.8 Å². The molecule has 0 aromatic heterocycles. The molecule has 5 nitrogen and oxygen atoms in total. The lowest BCUT2D eigenvalue weighted by atomic mass is 10.0. The number of aliphatic hydroxyl groups excluding tert-OH is 1. The zero-order valence-electron chi connectivity index (χ0n) is 43.3. The van der Waals surface area contributed by atoms with Crippen molar-refractivity contribution in [3.63, 3.8) is 0 Å². The summed E-state index contributed by atoms with van der Waals surface area (Å²) < 4.78 is 10.7. The van der Waals surface area contributed by atoms with Crippen molar-refractivity contribution in [2.45, 2.75) is 328 Å². The first-order chi connectivity index (χ1) is 31.6. The van der Waals surface area contributed by atoms with Crippen LogP contribution in [0.4, 0.5) is 0 Å². The van der Waals surface area contributed by atoms with Gasteiger partial charge in [-0.15, -0.1) is 0 Å². The Labute approximate surface area is 400 Å². The highest BCUT2D eigenvalue weighted by molar-refractivity contribution is 5.70. The highest BCUT2D eigenvalue weighted by atomic mass is 16.6. The van der Waals surface area contributed by atoms with Gasteiger partial charge in [0.1, 0.15) is 6.61 Å². The Balaban J connectivity index is 3.42. The Hall–Kier alpha value is -1.62. The molecule has 1 atom stereocenters. The van der Waals surface area contributed by atoms with Crippen molar-refractivity contribution in [1.82, 2.24) is 0 Å². The van der Waals surface area contributed by atoms with Crippen LogP contribution >= 0.6 is 0 Å². The summed E-state index contributed by atoms with van der Waals surface area (Å²) in [6.45, 7) is 4.18. The van der Waals surface area contributed by atoms with E-state index in [0.717, 1.165) is 38.5 Å². The van der Waals surface area contributed by atoms with Crippen LogP contribution in [0, 0.1) is 0 Å². The fraction of sp³-hybridized carbons (Fsp3) is 0.898. The van der Waals surface area contributed by atoms with Crippen LogP contribution in [0.1, 0.15) is 322 Å². The van der Waals surface area contributed by atoms with E-state index in [4.69, 9.17) is 9.47 Å². The number of unbranched alkanes of at least 4 members (excludes halogenated alkanes) is 42. The summed E-state index contributed by atoms with van der Waals surface area (Å²) in [5.41, 5.74) is 0. The molecule has 1 N–H and O–H groups in total. The van der Waals surface area contributed by atoms with Crippen molar-refractivity contribution in [3.8, 4) is 0 Å². The summed E-state index contributed by atoms with van der Waals surface area (Å²) in [5.74, 6) is -0.571. The van der Waals surface area contributed by atoms with Crippen molar-refractivity contribution in [1.29, 1.82) is 0 Å². The van der Waals surface area contributed by atoms with Gasteiger partial charge in [0, 0.05) is 12.8 Å². The van der Waals surface area contributed by atoms with Crippen LogP contribution in [0.25, 0.3) is 0 Å². The number of hydrogen-bond acceptors (Lipinski definition) is 5. The second-order valence-corrected chi connectivity index (χ2v) is 19.7. The number of esters is 2. The Morgan fingerprint density at radius 2 is 0.625 bits per heavy atom. The van der Waals surface area contributed by atoms with Gasteiger partial charge in [0.25, 0.3) is 0 Å². The van der Waals surface area contributed by atoms with Crippen LogP contribution in [0.5, 0.6) is 0 Å². The zero-order valence-corrected chi connectivity index (χ0v) is 43.3. The summed E-state index contributed by atoms with van der Waals surface area (Å²) in [5, 5.41) is 9.66. The summed E-state index contributed by atoms with van der Waals surface area (Å²) in [6.07, 6.45) is 70.1. The highest BCUT2D eigenvalue weighted by Crippen LogP contribution is 2.18. The predicted octanol–water partition coefficient (Wildman–Crippen LogP) is 19.3. The first-order valence-electron chi connectivity index (χ1n) is 28.9. The summed E-state index contributed by atoms with van der Waals surface area (Å²) >= 11 is 0. The van der Waals surface area contributed by atoms with E-state index in [0.29, 0.717) is 12.8 Å². The summed E-state index contributed by atoms with van der Waals surface area (Å²) in [6, 6.07) is 0. The normalized spacial score (nSPS) is 12.2. The van der Waals surface area contributed by atoms with Gasteiger partial charge in [0.15, 0.2) is 6.10 Å². The molecule has 0 aliphatic rings. The molecule has 5 heteroatoms. The molecule has 0 fully saturated rings. The molecule has 0 saturated heterocycles. The van der Waals surface area contributed by atoms with Crippen LogP contribution in [-0.4, -0.2) is 36.4 Å². The van der Waals surface area contributed by atoms with E-state index in [2.05, 4.69) is 38.2 Å². The van der Waals surface area contributed by atoms with Gasteiger partial charge in [0.05, 0.1) is 6.61 Å². The third-order valence-corrected chi connectivity index (χ3v) is 13.2. The molecule has 0 aromatic carbocycles. The van der Waals surface area contributed by atoms with Gasteiger partial charge in [-0.05, 0) is 44.9 Å². The minimum Gasteiger partial charge on any atom is -0.462 e. The minimum absolute atomic E-state index is 0.0598. The first-order valence-corrected chi connectivity index (χ1v) is 28.9. The highest BCUT2D eigenvalue weighted by Gasteiger charge is 2.16. The monoisotopic (exact) mass is 901 g/mol. The van der Waals surface area contributed by atoms with Gasteiger partial charge in [-0.1, -0.05) is 289 Å². The molecule has 0 spiro atoms. The van der Waals surface area contributed by atoms with E-state index in [1.807, 2.05) is 0 Å². The Bertz CT molecular complexity index is 974. The average molecular weight is 902 g/mol. The summed E-state index contributed by atoms with van der Waals surface area (Å²) in [7, 11) is 0. The van der Waals surface area contributed by atoms with Gasteiger partial charge < -0.3 is 14.6 Å². The number of carbonyl (C=O) groups excluding carboxylic acids is 2. The minimum atomic E-state index is -0.769. The second-order valence-electron chi connectivity index (χ2n) is 19.7. The van der Waals surface area contributed by atoms with Crippen LogP contribution < -0.4 is 0 Å². The molecule has 64 heavy (non-hydrogen) atoms. The maximum atomic E-state index is 12.3. The standard InChI is InChI=1S/C59H112O5/c1-3-5-7-9-11-13-15-17-19-21-23-25-27-29-31-33-35-37-39-41-43-45-47-49-51-53-58(61)63-56-57(55-60)64-59(62)54-52-50-48-46-44-42-40-38-36-34-32-30-28-26-24-22-20-18-16-14-12-10-8-6-4-2/h16,18,22,24,57,60H,3-15,17,19-21,23,25-56H2,1-2H3/b18-16-,24-22-. The molecule has 0 radical (unpaired) electrons. The summed E-state index contributed by atoms with van der Waals surface area (Å²) in [4.78, 5) is 24.5. The van der Waals surface area contributed by atoms with Crippen molar-refractivity contribution in [3.05, 3.63) is 24.3 Å². The van der Waals surface area contributed by atoms with E-state index < -0.39 is 6.10 Å². The number of rotatable bonds is 54.